The van der Waals surface area contributed by atoms with Crippen molar-refractivity contribution in [2.24, 2.45) is 7.05 Å². The molecule has 0 spiro atoms. The average Bonchev–Trinajstić information content (AvgIpc) is 3.04. The molecule has 0 radical (unpaired) electrons. The van der Waals surface area contributed by atoms with Gasteiger partial charge in [0.05, 0.1) is 5.52 Å². The molecular weight excluding hydrogens is 306 g/mol. The number of para-hydroxylation sites is 2. The van der Waals surface area contributed by atoms with E-state index >= 15 is 0 Å². The van der Waals surface area contributed by atoms with Crippen molar-refractivity contribution < 1.29 is 14.3 Å². The number of fused-ring (bicyclic) bond motifs is 2. The topological polar surface area (TPSA) is 72.4 Å². The van der Waals surface area contributed by atoms with Crippen LogP contribution in [0.5, 0.6) is 5.75 Å². The molecule has 0 saturated carbocycles. The summed E-state index contributed by atoms with van der Waals surface area (Å²) in [6, 6.07) is 15.6. The average molecular weight is 319 g/mol. The number of rotatable bonds is 2. The van der Waals surface area contributed by atoms with Gasteiger partial charge in [-0.15, -0.1) is 0 Å². The van der Waals surface area contributed by atoms with Crippen LogP contribution in [0.4, 0.5) is 0 Å². The van der Waals surface area contributed by atoms with Gasteiger partial charge in [-0.1, -0.05) is 30.3 Å². The van der Waals surface area contributed by atoms with E-state index in [4.69, 9.17) is 4.42 Å². The molecule has 118 valence electrons. The van der Waals surface area contributed by atoms with Crippen molar-refractivity contribution in [3.63, 3.8) is 0 Å². The number of aryl methyl sites for hydroxylation is 1. The largest absolute Gasteiger partial charge is 0.506 e. The third-order valence-electron chi connectivity index (χ3n) is 4.15. The zero-order valence-electron chi connectivity index (χ0n) is 12.8. The van der Waals surface area contributed by atoms with Gasteiger partial charge in [0, 0.05) is 17.8 Å². The predicted molar refractivity (Wildman–Crippen MR) is 90.5 cm³/mol. The first kappa shape index (κ1) is 14.3. The minimum atomic E-state index is -0.630. The number of ketones is 1. The van der Waals surface area contributed by atoms with Crippen LogP contribution in [-0.4, -0.2) is 15.5 Å². The van der Waals surface area contributed by atoms with Crippen LogP contribution < -0.4 is 5.56 Å². The summed E-state index contributed by atoms with van der Waals surface area (Å²) < 4.78 is 6.89. The zero-order chi connectivity index (χ0) is 16.8. The molecule has 0 saturated heterocycles. The van der Waals surface area contributed by atoms with Gasteiger partial charge < -0.3 is 14.1 Å². The maximum absolute atomic E-state index is 12.8. The van der Waals surface area contributed by atoms with Gasteiger partial charge in [0.15, 0.2) is 5.76 Å². The number of pyridine rings is 1. The fourth-order valence-electron chi connectivity index (χ4n) is 2.90. The Balaban J connectivity index is 1.99. The molecule has 2 heterocycles. The van der Waals surface area contributed by atoms with Crippen molar-refractivity contribution in [3.05, 3.63) is 76.3 Å². The zero-order valence-corrected chi connectivity index (χ0v) is 12.8. The Labute approximate surface area is 136 Å². The van der Waals surface area contributed by atoms with Crippen molar-refractivity contribution in [3.8, 4) is 5.75 Å². The summed E-state index contributed by atoms with van der Waals surface area (Å²) in [6.45, 7) is 0. The summed E-state index contributed by atoms with van der Waals surface area (Å²) in [5.74, 6) is -0.923. The van der Waals surface area contributed by atoms with E-state index in [-0.39, 0.29) is 17.1 Å². The Morgan fingerprint density at radius 3 is 2.58 bits per heavy atom. The van der Waals surface area contributed by atoms with E-state index in [2.05, 4.69) is 0 Å². The summed E-state index contributed by atoms with van der Waals surface area (Å²) in [4.78, 5) is 25.4. The van der Waals surface area contributed by atoms with Crippen LogP contribution in [0.25, 0.3) is 21.9 Å². The number of carbonyl (C=O) groups is 1. The lowest BCUT2D eigenvalue weighted by molar-refractivity contribution is 0.101. The molecule has 0 fully saturated rings. The van der Waals surface area contributed by atoms with Crippen LogP contribution in [0.2, 0.25) is 0 Å². The summed E-state index contributed by atoms with van der Waals surface area (Å²) in [5.41, 5.74) is 0.269. The van der Waals surface area contributed by atoms with Crippen molar-refractivity contribution in [2.75, 3.05) is 0 Å². The molecule has 0 amide bonds. The normalized spacial score (nSPS) is 11.2. The van der Waals surface area contributed by atoms with Crippen LogP contribution in [-0.2, 0) is 7.05 Å². The predicted octanol–water partition coefficient (Wildman–Crippen LogP) is 3.22. The Morgan fingerprint density at radius 2 is 1.79 bits per heavy atom. The minimum Gasteiger partial charge on any atom is -0.506 e. The second kappa shape index (κ2) is 5.09. The molecule has 0 unspecified atom stereocenters. The number of benzene rings is 2. The maximum Gasteiger partial charge on any atom is 0.265 e. The third kappa shape index (κ3) is 1.95. The van der Waals surface area contributed by atoms with Gasteiger partial charge in [-0.05, 0) is 24.3 Å². The van der Waals surface area contributed by atoms with Gasteiger partial charge >= 0.3 is 0 Å². The van der Waals surface area contributed by atoms with E-state index in [1.165, 1.54) is 4.57 Å². The van der Waals surface area contributed by atoms with E-state index in [9.17, 15) is 14.7 Å². The molecule has 0 aliphatic carbocycles. The third-order valence-corrected chi connectivity index (χ3v) is 4.15. The number of hydrogen-bond acceptors (Lipinski definition) is 4. The van der Waals surface area contributed by atoms with Crippen LogP contribution in [0.3, 0.4) is 0 Å². The lowest BCUT2D eigenvalue weighted by Gasteiger charge is -2.10. The highest BCUT2D eigenvalue weighted by Gasteiger charge is 2.24. The molecule has 5 nitrogen and oxygen atoms in total. The lowest BCUT2D eigenvalue weighted by Crippen LogP contribution is -2.25. The molecule has 4 aromatic rings. The van der Waals surface area contributed by atoms with Gasteiger partial charge in [-0.25, -0.2) is 0 Å². The molecule has 2 aromatic carbocycles. The second-order valence-corrected chi connectivity index (χ2v) is 5.58. The van der Waals surface area contributed by atoms with Gasteiger partial charge in [0.1, 0.15) is 16.9 Å². The fourth-order valence-corrected chi connectivity index (χ4v) is 2.90. The Morgan fingerprint density at radius 1 is 1.08 bits per heavy atom. The first-order valence-corrected chi connectivity index (χ1v) is 7.42. The smallest absolute Gasteiger partial charge is 0.265 e. The minimum absolute atomic E-state index is 0.0267. The van der Waals surface area contributed by atoms with E-state index in [1.54, 1.807) is 49.5 Å². The van der Waals surface area contributed by atoms with Crippen molar-refractivity contribution in [2.45, 2.75) is 0 Å². The van der Waals surface area contributed by atoms with Gasteiger partial charge in [0.2, 0.25) is 5.78 Å². The molecule has 24 heavy (non-hydrogen) atoms. The quantitative estimate of drug-likeness (QED) is 0.576. The second-order valence-electron chi connectivity index (χ2n) is 5.58. The number of nitrogens with zero attached hydrogens (tertiary/aromatic N) is 1. The van der Waals surface area contributed by atoms with Crippen LogP contribution >= 0.6 is 0 Å². The van der Waals surface area contributed by atoms with Gasteiger partial charge in [0.25, 0.3) is 5.56 Å². The Bertz CT molecular complexity index is 1130. The summed E-state index contributed by atoms with van der Waals surface area (Å²) in [6.07, 6.45) is 0. The molecule has 1 N–H and O–H groups in total. The standard InChI is InChI=1S/C19H13NO4/c1-20-13-8-4-3-7-12(13)17(21)16(19(20)23)18(22)15-10-11-6-2-5-9-14(11)24-15/h2-10,21H,1H3. The number of aromatic nitrogens is 1. The lowest BCUT2D eigenvalue weighted by atomic mass is 10.1. The van der Waals surface area contributed by atoms with Crippen molar-refractivity contribution in [1.82, 2.24) is 4.57 Å². The maximum atomic E-state index is 12.8. The molecule has 0 bridgehead atoms. The molecule has 2 aromatic heterocycles. The van der Waals surface area contributed by atoms with Gasteiger partial charge in [-0.3, -0.25) is 9.59 Å². The van der Waals surface area contributed by atoms with Crippen LogP contribution in [0.1, 0.15) is 16.1 Å². The van der Waals surface area contributed by atoms with Gasteiger partial charge in [-0.2, -0.15) is 0 Å². The van der Waals surface area contributed by atoms with E-state index < -0.39 is 11.3 Å². The molecule has 5 heteroatoms. The Hall–Kier alpha value is -3.34. The van der Waals surface area contributed by atoms with Crippen LogP contribution in [0, 0.1) is 0 Å². The van der Waals surface area contributed by atoms with E-state index in [0.29, 0.717) is 16.5 Å². The number of carbonyl (C=O) groups excluding carboxylic acids is 1. The number of aromatic hydroxyl groups is 1. The summed E-state index contributed by atoms with van der Waals surface area (Å²) in [7, 11) is 1.57. The monoisotopic (exact) mass is 319 g/mol. The number of hydrogen-bond donors (Lipinski definition) is 1. The highest BCUT2D eigenvalue weighted by molar-refractivity contribution is 6.12. The first-order valence-electron chi connectivity index (χ1n) is 7.42. The highest BCUT2D eigenvalue weighted by atomic mass is 16.3. The summed E-state index contributed by atoms with van der Waals surface area (Å²) >= 11 is 0. The van der Waals surface area contributed by atoms with Crippen molar-refractivity contribution >= 4 is 27.7 Å². The SMILES string of the molecule is Cn1c(=O)c(C(=O)c2cc3ccccc3o2)c(O)c2ccccc21. The molecule has 4 rings (SSSR count). The summed E-state index contributed by atoms with van der Waals surface area (Å²) in [5, 5.41) is 11.7. The molecular formula is C19H13NO4. The van der Waals surface area contributed by atoms with E-state index in [0.717, 1.165) is 5.39 Å². The van der Waals surface area contributed by atoms with E-state index in [1.807, 2.05) is 12.1 Å². The van der Waals surface area contributed by atoms with Crippen molar-refractivity contribution in [1.29, 1.82) is 0 Å². The number of furan rings is 1. The highest BCUT2D eigenvalue weighted by Crippen LogP contribution is 2.28. The van der Waals surface area contributed by atoms with Crippen LogP contribution in [0.15, 0.2) is 63.8 Å². The fraction of sp³-hybridized carbons (Fsp3) is 0.0526. The Kier molecular flexibility index (Phi) is 3.03. The molecule has 0 aliphatic heterocycles. The molecule has 0 atom stereocenters. The molecule has 0 aliphatic rings. The first-order chi connectivity index (χ1) is 11.6.